The predicted octanol–water partition coefficient (Wildman–Crippen LogP) is 3.21. The maximum Gasteiger partial charge on any atom is 0.134 e. The molecule has 0 aliphatic rings. The highest BCUT2D eigenvalue weighted by molar-refractivity contribution is 9.10. The standard InChI is InChI=1S/C12H16BrNO/c1-2-3-4-8-14-9-10-6-5-7-11(13)12(10)15/h2-3,5-7,14-15H,4,8-9H2,1H3/b3-2+. The van der Waals surface area contributed by atoms with Crippen LogP contribution in [0, 0.1) is 0 Å². The lowest BCUT2D eigenvalue weighted by Crippen LogP contribution is -2.14. The van der Waals surface area contributed by atoms with Crippen molar-refractivity contribution in [3.05, 3.63) is 40.4 Å². The molecule has 2 nitrogen and oxygen atoms in total. The van der Waals surface area contributed by atoms with Gasteiger partial charge in [0.1, 0.15) is 5.75 Å². The molecule has 0 saturated carbocycles. The van der Waals surface area contributed by atoms with Crippen molar-refractivity contribution >= 4 is 15.9 Å². The van der Waals surface area contributed by atoms with Crippen LogP contribution in [0.1, 0.15) is 18.9 Å². The maximum atomic E-state index is 9.70. The van der Waals surface area contributed by atoms with Gasteiger partial charge in [-0.25, -0.2) is 0 Å². The second-order valence-electron chi connectivity index (χ2n) is 3.28. The van der Waals surface area contributed by atoms with Crippen molar-refractivity contribution in [3.8, 4) is 5.75 Å². The van der Waals surface area contributed by atoms with Crippen LogP contribution in [0.15, 0.2) is 34.8 Å². The van der Waals surface area contributed by atoms with Crippen molar-refractivity contribution in [1.82, 2.24) is 5.32 Å². The molecule has 82 valence electrons. The molecule has 0 spiro atoms. The summed E-state index contributed by atoms with van der Waals surface area (Å²) >= 11 is 3.29. The van der Waals surface area contributed by atoms with E-state index in [4.69, 9.17) is 0 Å². The number of phenols is 1. The molecule has 1 rings (SSSR count). The van der Waals surface area contributed by atoms with E-state index in [-0.39, 0.29) is 0 Å². The molecule has 3 heteroatoms. The van der Waals surface area contributed by atoms with Gasteiger partial charge in [0.05, 0.1) is 4.47 Å². The van der Waals surface area contributed by atoms with Crippen molar-refractivity contribution < 1.29 is 5.11 Å². The van der Waals surface area contributed by atoms with Crippen LogP contribution in [0.25, 0.3) is 0 Å². The van der Waals surface area contributed by atoms with Crippen LogP contribution in [-0.2, 0) is 6.54 Å². The average molecular weight is 270 g/mol. The molecular weight excluding hydrogens is 254 g/mol. The number of para-hydroxylation sites is 1. The summed E-state index contributed by atoms with van der Waals surface area (Å²) in [7, 11) is 0. The van der Waals surface area contributed by atoms with Crippen LogP contribution < -0.4 is 5.32 Å². The van der Waals surface area contributed by atoms with Gasteiger partial charge < -0.3 is 10.4 Å². The Bertz CT molecular complexity index is 336. The quantitative estimate of drug-likeness (QED) is 0.636. The number of allylic oxidation sites excluding steroid dienone is 1. The third-order valence-electron chi connectivity index (χ3n) is 2.11. The number of benzene rings is 1. The number of rotatable bonds is 5. The molecule has 0 aliphatic heterocycles. The number of hydrogen-bond donors (Lipinski definition) is 2. The van der Waals surface area contributed by atoms with Crippen molar-refractivity contribution in [1.29, 1.82) is 0 Å². The largest absolute Gasteiger partial charge is 0.506 e. The Hall–Kier alpha value is -0.800. The van der Waals surface area contributed by atoms with Crippen molar-refractivity contribution in [2.45, 2.75) is 19.9 Å². The van der Waals surface area contributed by atoms with E-state index < -0.39 is 0 Å². The lowest BCUT2D eigenvalue weighted by molar-refractivity contribution is 0.461. The second kappa shape index (κ2) is 6.64. The highest BCUT2D eigenvalue weighted by atomic mass is 79.9. The van der Waals surface area contributed by atoms with E-state index in [1.807, 2.05) is 31.2 Å². The van der Waals surface area contributed by atoms with Gasteiger partial charge in [0.2, 0.25) is 0 Å². The Morgan fingerprint density at radius 1 is 1.47 bits per heavy atom. The lowest BCUT2D eigenvalue weighted by atomic mass is 10.2. The maximum absolute atomic E-state index is 9.70. The fourth-order valence-corrected chi connectivity index (χ4v) is 1.69. The first-order valence-corrected chi connectivity index (χ1v) is 5.83. The van der Waals surface area contributed by atoms with Crippen LogP contribution in [-0.4, -0.2) is 11.7 Å². The molecule has 2 N–H and O–H groups in total. The van der Waals surface area contributed by atoms with Gasteiger partial charge in [0.25, 0.3) is 0 Å². The van der Waals surface area contributed by atoms with E-state index in [0.29, 0.717) is 12.3 Å². The Kier molecular flexibility index (Phi) is 5.43. The fraction of sp³-hybridized carbons (Fsp3) is 0.333. The zero-order valence-electron chi connectivity index (χ0n) is 8.83. The van der Waals surface area contributed by atoms with E-state index >= 15 is 0 Å². The molecule has 0 radical (unpaired) electrons. The van der Waals surface area contributed by atoms with E-state index in [1.165, 1.54) is 0 Å². The summed E-state index contributed by atoms with van der Waals surface area (Å²) in [4.78, 5) is 0. The van der Waals surface area contributed by atoms with Crippen LogP contribution in [0.4, 0.5) is 0 Å². The first-order chi connectivity index (χ1) is 7.25. The fourth-order valence-electron chi connectivity index (χ4n) is 1.28. The number of aromatic hydroxyl groups is 1. The molecule has 0 atom stereocenters. The van der Waals surface area contributed by atoms with Gasteiger partial charge in [-0.15, -0.1) is 0 Å². The third-order valence-corrected chi connectivity index (χ3v) is 2.75. The summed E-state index contributed by atoms with van der Waals surface area (Å²) in [6.45, 7) is 3.64. The molecule has 0 bridgehead atoms. The lowest BCUT2D eigenvalue weighted by Gasteiger charge is -2.06. The number of halogens is 1. The summed E-state index contributed by atoms with van der Waals surface area (Å²) in [5, 5.41) is 13.0. The summed E-state index contributed by atoms with van der Waals surface area (Å²) in [5.74, 6) is 0.330. The van der Waals surface area contributed by atoms with Gasteiger partial charge in [0, 0.05) is 12.1 Å². The minimum Gasteiger partial charge on any atom is -0.506 e. The molecule has 0 aliphatic carbocycles. The molecule has 0 fully saturated rings. The van der Waals surface area contributed by atoms with E-state index in [2.05, 4.69) is 27.3 Å². The van der Waals surface area contributed by atoms with Gasteiger partial charge in [-0.2, -0.15) is 0 Å². The second-order valence-corrected chi connectivity index (χ2v) is 4.14. The monoisotopic (exact) mass is 269 g/mol. The van der Waals surface area contributed by atoms with Gasteiger partial charge in [-0.3, -0.25) is 0 Å². The van der Waals surface area contributed by atoms with Crippen LogP contribution in [0.2, 0.25) is 0 Å². The minimum atomic E-state index is 0.330. The van der Waals surface area contributed by atoms with Crippen molar-refractivity contribution in [2.24, 2.45) is 0 Å². The summed E-state index contributed by atoms with van der Waals surface area (Å²) in [5.41, 5.74) is 0.921. The Labute approximate surface area is 99.1 Å². The summed E-state index contributed by atoms with van der Waals surface area (Å²) in [6, 6.07) is 5.67. The Morgan fingerprint density at radius 2 is 2.27 bits per heavy atom. The average Bonchev–Trinajstić information content (AvgIpc) is 2.24. The first kappa shape index (κ1) is 12.3. The van der Waals surface area contributed by atoms with Crippen molar-refractivity contribution in [3.63, 3.8) is 0 Å². The topological polar surface area (TPSA) is 32.3 Å². The zero-order chi connectivity index (χ0) is 11.1. The normalized spacial score (nSPS) is 11.1. The van der Waals surface area contributed by atoms with Crippen LogP contribution in [0.5, 0.6) is 5.75 Å². The molecule has 15 heavy (non-hydrogen) atoms. The SMILES string of the molecule is C/C=C/CCNCc1cccc(Br)c1O. The minimum absolute atomic E-state index is 0.330. The smallest absolute Gasteiger partial charge is 0.134 e. The van der Waals surface area contributed by atoms with Crippen LogP contribution in [0.3, 0.4) is 0 Å². The number of nitrogens with one attached hydrogen (secondary N) is 1. The molecule has 1 aromatic rings. The molecule has 0 heterocycles. The molecule has 0 saturated heterocycles. The van der Waals surface area contributed by atoms with Gasteiger partial charge in [-0.05, 0) is 41.9 Å². The molecule has 1 aromatic carbocycles. The van der Waals surface area contributed by atoms with Gasteiger partial charge >= 0.3 is 0 Å². The molecular formula is C12H16BrNO. The summed E-state index contributed by atoms with van der Waals surface area (Å²) < 4.78 is 0.746. The third kappa shape index (κ3) is 4.06. The van der Waals surface area contributed by atoms with E-state index in [1.54, 1.807) is 0 Å². The van der Waals surface area contributed by atoms with Crippen molar-refractivity contribution in [2.75, 3.05) is 6.54 Å². The highest BCUT2D eigenvalue weighted by Crippen LogP contribution is 2.26. The Balaban J connectivity index is 2.40. The Morgan fingerprint density at radius 3 is 3.00 bits per heavy atom. The number of phenolic OH excluding ortho intramolecular Hbond substituents is 1. The summed E-state index contributed by atoms with van der Waals surface area (Å²) in [6.07, 6.45) is 5.18. The van der Waals surface area contributed by atoms with Gasteiger partial charge in [-0.1, -0.05) is 24.3 Å². The highest BCUT2D eigenvalue weighted by Gasteiger charge is 2.02. The van der Waals surface area contributed by atoms with E-state index in [9.17, 15) is 5.11 Å². The number of hydrogen-bond acceptors (Lipinski definition) is 2. The molecule has 0 unspecified atom stereocenters. The predicted molar refractivity (Wildman–Crippen MR) is 66.9 cm³/mol. The molecule has 0 aromatic heterocycles. The van der Waals surface area contributed by atoms with Crippen LogP contribution >= 0.6 is 15.9 Å². The molecule has 0 amide bonds. The zero-order valence-corrected chi connectivity index (χ0v) is 10.4. The first-order valence-electron chi connectivity index (χ1n) is 5.04. The van der Waals surface area contributed by atoms with Gasteiger partial charge in [0.15, 0.2) is 0 Å². The van der Waals surface area contributed by atoms with E-state index in [0.717, 1.165) is 23.0 Å².